The van der Waals surface area contributed by atoms with Gasteiger partial charge in [-0.3, -0.25) is 19.2 Å². The fraction of sp³-hybridized carbons (Fsp3) is 0.571. The van der Waals surface area contributed by atoms with E-state index in [1.54, 1.807) is 119 Å². The molecule has 0 aromatic heterocycles. The molecule has 1 heterocycles. The summed E-state index contributed by atoms with van der Waals surface area (Å²) in [6, 6.07) is 13.7. The summed E-state index contributed by atoms with van der Waals surface area (Å²) in [4.78, 5) is 119. The lowest BCUT2D eigenvalue weighted by Gasteiger charge is -2.19. The average molecular weight is 1270 g/mol. The van der Waals surface area contributed by atoms with Gasteiger partial charge in [0.05, 0.1) is 45.2 Å². The Morgan fingerprint density at radius 3 is 0.800 bits per heavy atom. The highest BCUT2D eigenvalue weighted by molar-refractivity contribution is 6.03. The molecule has 4 rings (SSSR count). The molecule has 0 radical (unpaired) electrons. The molecule has 27 nitrogen and oxygen atoms in total. The maximum absolute atomic E-state index is 13.6. The average Bonchev–Trinajstić information content (AvgIpc) is 1.63. The van der Waals surface area contributed by atoms with E-state index in [-0.39, 0.29) is 133 Å². The first-order valence-corrected chi connectivity index (χ1v) is 30.0. The molecule has 8 amide bonds. The zero-order valence-corrected chi connectivity index (χ0v) is 54.0. The van der Waals surface area contributed by atoms with Gasteiger partial charge in [-0.05, 0) is 158 Å². The van der Waals surface area contributed by atoms with Crippen molar-refractivity contribution in [2.45, 2.75) is 157 Å². The Morgan fingerprint density at radius 2 is 0.567 bits per heavy atom. The third kappa shape index (κ3) is 31.3. The Balaban J connectivity index is 1.37. The van der Waals surface area contributed by atoms with Crippen molar-refractivity contribution in [2.75, 3.05) is 78.9 Å². The summed E-state index contributed by atoms with van der Waals surface area (Å²) in [5, 5.41) is 16.8. The molecule has 0 unspecified atom stereocenters. The number of rotatable bonds is 34. The van der Waals surface area contributed by atoms with Crippen molar-refractivity contribution in [3.63, 3.8) is 0 Å². The van der Waals surface area contributed by atoms with Crippen LogP contribution in [0.15, 0.2) is 54.6 Å². The van der Waals surface area contributed by atoms with Crippen molar-refractivity contribution >= 4 is 54.0 Å². The number of hydrogen-bond donors (Lipinski definition) is 6. The number of alkyl carbamates (subject to hydrolysis) is 4. The van der Waals surface area contributed by atoms with Gasteiger partial charge in [0.2, 0.25) is 0 Å². The third-order valence-electron chi connectivity index (χ3n) is 11.4. The second-order valence-electron chi connectivity index (χ2n) is 24.5. The number of hydroxylamine groups is 2. The van der Waals surface area contributed by atoms with Gasteiger partial charge in [-0.2, -0.15) is 0 Å². The number of ether oxygens (including phenoxy) is 10. The largest absolute Gasteiger partial charge is 0.493 e. The second-order valence-corrected chi connectivity index (χ2v) is 24.5. The number of benzene rings is 3. The van der Waals surface area contributed by atoms with E-state index in [9.17, 15) is 43.2 Å². The molecule has 1 saturated heterocycles. The van der Waals surface area contributed by atoms with Gasteiger partial charge in [0, 0.05) is 81.4 Å². The lowest BCUT2D eigenvalue weighted by atomic mass is 10.2. The van der Waals surface area contributed by atoms with E-state index in [0.29, 0.717) is 53.7 Å². The maximum atomic E-state index is 13.6. The molecule has 0 spiro atoms. The molecule has 1 aliphatic rings. The lowest BCUT2D eigenvalue weighted by molar-refractivity contribution is -0.172. The molecule has 3 aromatic rings. The summed E-state index contributed by atoms with van der Waals surface area (Å²) in [7, 11) is 0. The van der Waals surface area contributed by atoms with Crippen molar-refractivity contribution in [3.8, 4) is 34.5 Å². The molecule has 498 valence electrons. The van der Waals surface area contributed by atoms with Crippen LogP contribution >= 0.6 is 0 Å². The minimum absolute atomic E-state index is 0.0368. The van der Waals surface area contributed by atoms with Gasteiger partial charge < -0.3 is 84.1 Å². The summed E-state index contributed by atoms with van der Waals surface area (Å²) in [6.45, 7) is 23.3. The highest BCUT2D eigenvalue weighted by Gasteiger charge is 2.33. The van der Waals surface area contributed by atoms with Gasteiger partial charge in [0.15, 0.2) is 0 Å². The number of hydrogen-bond acceptors (Lipinski definition) is 20. The fourth-order valence-electron chi connectivity index (χ4n) is 7.59. The first kappa shape index (κ1) is 73.6. The van der Waals surface area contributed by atoms with Crippen LogP contribution in [-0.2, 0) is 33.4 Å². The van der Waals surface area contributed by atoms with E-state index < -0.39 is 76.4 Å². The predicted octanol–water partition coefficient (Wildman–Crippen LogP) is 8.48. The lowest BCUT2D eigenvalue weighted by Crippen LogP contribution is -2.33. The summed E-state index contributed by atoms with van der Waals surface area (Å²) >= 11 is 0. The minimum atomic E-state index is -1.03. The Bertz CT molecular complexity index is 2600. The molecule has 0 atom stereocenters. The quantitative estimate of drug-likeness (QED) is 0.0185. The number of nitrogens with zero attached hydrogens (tertiary/aromatic N) is 1. The van der Waals surface area contributed by atoms with Crippen molar-refractivity contribution < 1.29 is 95.4 Å². The maximum Gasteiger partial charge on any atom is 0.407 e. The SMILES string of the molecule is CC(C)(C)OC(=O)NCCCOc1cc(OCCCNC(=O)OC(C)(C)C)cc(C(=O)NCCCOc2cc(OCCCNC(=O)c3cc(OCCCNC(=O)OC(C)(C)C)cc(OCCCNC(=O)OC(C)(C)C)c3)cc(C(=O)ON3C(=O)CCC3=O)c2)c1. The fourth-order valence-corrected chi connectivity index (χ4v) is 7.59. The molecule has 90 heavy (non-hydrogen) atoms. The summed E-state index contributed by atoms with van der Waals surface area (Å²) < 4.78 is 57.0. The van der Waals surface area contributed by atoms with Crippen molar-refractivity contribution in [1.82, 2.24) is 37.0 Å². The van der Waals surface area contributed by atoms with Gasteiger partial charge >= 0.3 is 30.3 Å². The molecule has 0 aliphatic carbocycles. The summed E-state index contributed by atoms with van der Waals surface area (Å²) in [5.41, 5.74) is -2.27. The summed E-state index contributed by atoms with van der Waals surface area (Å²) in [5.74, 6) is -1.63. The zero-order chi connectivity index (χ0) is 66.5. The van der Waals surface area contributed by atoms with Crippen LogP contribution < -0.4 is 60.3 Å². The van der Waals surface area contributed by atoms with Crippen LogP contribution in [0.3, 0.4) is 0 Å². The van der Waals surface area contributed by atoms with Crippen LogP contribution in [0.25, 0.3) is 0 Å². The van der Waals surface area contributed by atoms with Crippen LogP contribution in [0.2, 0.25) is 0 Å². The van der Waals surface area contributed by atoms with Gasteiger partial charge in [0.1, 0.15) is 56.9 Å². The highest BCUT2D eigenvalue weighted by atomic mass is 16.7. The number of imide groups is 1. The standard InChI is InChI=1S/C63H91N7O20/c1-60(2,3)86-56(76)66-23-15-29-80-45-33-42(34-46(39-45)81-30-16-24-67-57(77)87-61(4,5)6)53(73)64-21-13-27-84-49-37-44(55(75)90-70-51(71)19-20-52(70)72)38-50(41-49)85-28-14-22-65-54(74)43-35-47(82-31-17-25-68-58(78)88-62(7,8)9)40-48(36-43)83-32-18-26-69-59(79)89-63(10,11)12/h33-41H,13-32H2,1-12H3,(H,64,73)(H,65,74)(H,66,76)(H,67,77)(H,68,78)(H,69,79). The summed E-state index contributed by atoms with van der Waals surface area (Å²) in [6.07, 6.45) is -0.192. The topological polar surface area (TPSA) is 331 Å². The molecule has 6 N–H and O–H groups in total. The molecular formula is C63H91N7O20. The Hall–Kier alpha value is -8.91. The van der Waals surface area contributed by atoms with E-state index >= 15 is 0 Å². The van der Waals surface area contributed by atoms with E-state index in [1.807, 2.05) is 0 Å². The molecule has 0 bridgehead atoms. The van der Waals surface area contributed by atoms with Crippen LogP contribution in [0.5, 0.6) is 34.5 Å². The highest BCUT2D eigenvalue weighted by Crippen LogP contribution is 2.28. The van der Waals surface area contributed by atoms with Gasteiger partial charge in [-0.15, -0.1) is 5.06 Å². The first-order valence-electron chi connectivity index (χ1n) is 30.0. The minimum Gasteiger partial charge on any atom is -0.493 e. The van der Waals surface area contributed by atoms with Crippen LogP contribution in [-0.4, -0.2) is 160 Å². The van der Waals surface area contributed by atoms with Gasteiger partial charge in [-0.25, -0.2) is 24.0 Å². The molecule has 1 fully saturated rings. The van der Waals surface area contributed by atoms with E-state index in [2.05, 4.69) is 31.9 Å². The molecule has 0 saturated carbocycles. The van der Waals surface area contributed by atoms with Crippen molar-refractivity contribution in [1.29, 1.82) is 0 Å². The zero-order valence-electron chi connectivity index (χ0n) is 54.0. The van der Waals surface area contributed by atoms with E-state index in [4.69, 9.17) is 52.2 Å². The second kappa shape index (κ2) is 35.9. The van der Waals surface area contributed by atoms with Crippen molar-refractivity contribution in [2.24, 2.45) is 0 Å². The number of carbonyl (C=O) groups excluding carboxylic acids is 9. The number of carbonyl (C=O) groups is 9. The van der Waals surface area contributed by atoms with Gasteiger partial charge in [0.25, 0.3) is 23.6 Å². The Kier molecular flexibility index (Phi) is 29.4. The van der Waals surface area contributed by atoms with Crippen LogP contribution in [0.4, 0.5) is 19.2 Å². The molecule has 1 aliphatic heterocycles. The van der Waals surface area contributed by atoms with E-state index in [1.165, 1.54) is 18.2 Å². The smallest absolute Gasteiger partial charge is 0.407 e. The van der Waals surface area contributed by atoms with Gasteiger partial charge in [-0.1, -0.05) is 0 Å². The molecule has 27 heteroatoms. The Morgan fingerprint density at radius 1 is 0.344 bits per heavy atom. The molecular weight excluding hydrogens is 1170 g/mol. The van der Waals surface area contributed by atoms with Crippen LogP contribution in [0.1, 0.15) is 166 Å². The molecule has 3 aromatic carbocycles. The van der Waals surface area contributed by atoms with Crippen LogP contribution in [0, 0.1) is 0 Å². The normalized spacial score (nSPS) is 12.4. The van der Waals surface area contributed by atoms with E-state index in [0.717, 1.165) is 0 Å². The first-order chi connectivity index (χ1) is 42.3. The number of amides is 8. The van der Waals surface area contributed by atoms with Crippen molar-refractivity contribution in [3.05, 3.63) is 71.3 Å². The Labute approximate surface area is 526 Å². The predicted molar refractivity (Wildman–Crippen MR) is 328 cm³/mol. The monoisotopic (exact) mass is 1270 g/mol. The number of nitrogens with one attached hydrogen (secondary N) is 6. The third-order valence-corrected chi connectivity index (χ3v) is 11.4.